The number of aliphatic hydroxyl groups excluding tert-OH is 2. The van der Waals surface area contributed by atoms with Gasteiger partial charge in [-0.25, -0.2) is 0 Å². The third kappa shape index (κ3) is 4.83. The molecule has 0 spiro atoms. The molecule has 1 aromatic carbocycles. The molecule has 0 aromatic heterocycles. The smallest absolute Gasteiger partial charge is 0.126 e. The van der Waals surface area contributed by atoms with Crippen LogP contribution in [0.2, 0.25) is 0 Å². The number of hydrogen-bond donors (Lipinski definition) is 2. The summed E-state index contributed by atoms with van der Waals surface area (Å²) in [5, 5.41) is 31.7. The lowest BCUT2D eigenvalue weighted by atomic mass is 9.86. The van der Waals surface area contributed by atoms with Crippen LogP contribution in [0.25, 0.3) is 0 Å². The highest BCUT2D eigenvalue weighted by molar-refractivity contribution is 5.64. The van der Waals surface area contributed by atoms with Crippen molar-refractivity contribution in [3.05, 3.63) is 41.5 Å². The van der Waals surface area contributed by atoms with Gasteiger partial charge in [0.1, 0.15) is 11.9 Å². The van der Waals surface area contributed by atoms with Gasteiger partial charge in [0.05, 0.1) is 12.2 Å². The van der Waals surface area contributed by atoms with E-state index in [-0.39, 0.29) is 30.3 Å². The first-order valence-corrected chi connectivity index (χ1v) is 10.3. The van der Waals surface area contributed by atoms with Gasteiger partial charge in [0, 0.05) is 36.2 Å². The molecule has 1 aliphatic carbocycles. The molecular formula is C24H29O5-. The fourth-order valence-corrected chi connectivity index (χ4v) is 4.40. The second-order valence-corrected chi connectivity index (χ2v) is 8.11. The van der Waals surface area contributed by atoms with Crippen LogP contribution < -0.4 is 9.84 Å². The average molecular weight is 397 g/mol. The third-order valence-electron chi connectivity index (χ3n) is 6.03. The zero-order valence-corrected chi connectivity index (χ0v) is 17.0. The largest absolute Gasteiger partial charge is 0.550 e. The average Bonchev–Trinajstić information content (AvgIpc) is 3.19. The molecule has 29 heavy (non-hydrogen) atoms. The molecular weight excluding hydrogens is 368 g/mol. The Morgan fingerprint density at radius 2 is 2.24 bits per heavy atom. The minimum Gasteiger partial charge on any atom is -0.550 e. The predicted octanol–water partition coefficient (Wildman–Crippen LogP) is 1.95. The Bertz CT molecular complexity index is 818. The minimum absolute atomic E-state index is 0.0236. The number of aryl methyl sites for hydroxylation is 1. The normalized spacial score (nSPS) is 26.9. The molecule has 1 aliphatic heterocycles. The molecule has 0 bridgehead atoms. The van der Waals surface area contributed by atoms with Gasteiger partial charge in [-0.3, -0.25) is 0 Å². The van der Waals surface area contributed by atoms with E-state index in [1.54, 1.807) is 13.0 Å². The van der Waals surface area contributed by atoms with Crippen LogP contribution in [0.1, 0.15) is 56.6 Å². The van der Waals surface area contributed by atoms with Crippen LogP contribution in [0, 0.1) is 23.7 Å². The van der Waals surface area contributed by atoms with Crippen molar-refractivity contribution >= 4 is 5.97 Å². The van der Waals surface area contributed by atoms with Crippen LogP contribution in [0.3, 0.4) is 0 Å². The Hall–Kier alpha value is -2.29. The van der Waals surface area contributed by atoms with Gasteiger partial charge < -0.3 is 24.9 Å². The second kappa shape index (κ2) is 9.47. The molecule has 156 valence electrons. The molecule has 0 radical (unpaired) electrons. The van der Waals surface area contributed by atoms with Gasteiger partial charge in [0.15, 0.2) is 0 Å². The summed E-state index contributed by atoms with van der Waals surface area (Å²) >= 11 is 0. The van der Waals surface area contributed by atoms with Crippen LogP contribution in [0.15, 0.2) is 30.4 Å². The highest BCUT2D eigenvalue weighted by Crippen LogP contribution is 2.52. The van der Waals surface area contributed by atoms with E-state index in [0.29, 0.717) is 25.7 Å². The summed E-state index contributed by atoms with van der Waals surface area (Å²) < 4.78 is 6.19. The van der Waals surface area contributed by atoms with E-state index in [0.717, 1.165) is 16.9 Å². The summed E-state index contributed by atoms with van der Waals surface area (Å²) in [5.74, 6) is 5.56. The maximum atomic E-state index is 10.7. The molecule has 0 amide bonds. The number of carbonyl (C=O) groups is 1. The van der Waals surface area contributed by atoms with Crippen molar-refractivity contribution in [2.45, 2.75) is 70.2 Å². The molecule has 5 nitrogen and oxygen atoms in total. The zero-order chi connectivity index (χ0) is 21.0. The lowest BCUT2D eigenvalue weighted by Gasteiger charge is -2.19. The number of benzene rings is 1. The summed E-state index contributed by atoms with van der Waals surface area (Å²) in [6.45, 7) is 3.74. The number of fused-ring (bicyclic) bond motifs is 3. The number of aliphatic hydroxyl groups is 2. The van der Waals surface area contributed by atoms with Gasteiger partial charge >= 0.3 is 0 Å². The highest BCUT2D eigenvalue weighted by Gasteiger charge is 2.48. The second-order valence-electron chi connectivity index (χ2n) is 8.11. The quantitative estimate of drug-likeness (QED) is 0.517. The lowest BCUT2D eigenvalue weighted by Crippen LogP contribution is -2.21. The molecule has 3 rings (SSSR count). The summed E-state index contributed by atoms with van der Waals surface area (Å²) in [5.41, 5.74) is 2.06. The molecule has 2 N–H and O–H groups in total. The summed E-state index contributed by atoms with van der Waals surface area (Å²) in [6.07, 6.45) is 4.80. The Morgan fingerprint density at radius 1 is 1.45 bits per heavy atom. The SMILES string of the molecule is CC#CC[C@@H](C)[C@@H](O)/C=C/[C@H]1[C@H]2c3cccc(CCCC(=O)[O-])c3O[C@H]2C[C@@H]1O. The maximum absolute atomic E-state index is 10.7. The molecule has 0 saturated heterocycles. The van der Waals surface area contributed by atoms with Gasteiger partial charge in [-0.1, -0.05) is 37.3 Å². The van der Waals surface area contributed by atoms with E-state index < -0.39 is 18.2 Å². The fourth-order valence-electron chi connectivity index (χ4n) is 4.40. The van der Waals surface area contributed by atoms with Crippen LogP contribution in [-0.4, -0.2) is 34.5 Å². The number of para-hydroxylation sites is 1. The lowest BCUT2D eigenvalue weighted by molar-refractivity contribution is -0.305. The van der Waals surface area contributed by atoms with E-state index in [1.807, 2.05) is 31.2 Å². The van der Waals surface area contributed by atoms with Gasteiger partial charge in [-0.15, -0.1) is 11.8 Å². The Balaban J connectivity index is 1.75. The number of rotatable bonds is 8. The summed E-state index contributed by atoms with van der Waals surface area (Å²) in [4.78, 5) is 10.7. The van der Waals surface area contributed by atoms with Crippen LogP contribution in [0.5, 0.6) is 5.75 Å². The first-order valence-electron chi connectivity index (χ1n) is 10.3. The standard InChI is InChI=1S/C24H30O5/c1-3-4-7-15(2)19(25)13-12-17-20(26)14-21-23(17)18-10-5-8-16(24(18)29-21)9-6-11-22(27)28/h5,8,10,12-13,15,17,19-21,23,25-26H,6-7,9,11,14H2,1-2H3,(H,27,28)/p-1/b13-12+/t15-,17-,19+,20+,21+,23+/m1/s1. The van der Waals surface area contributed by atoms with Crippen molar-refractivity contribution in [1.82, 2.24) is 0 Å². The van der Waals surface area contributed by atoms with E-state index in [1.165, 1.54) is 0 Å². The van der Waals surface area contributed by atoms with Gasteiger partial charge in [0.2, 0.25) is 0 Å². The van der Waals surface area contributed by atoms with E-state index in [2.05, 4.69) is 11.8 Å². The van der Waals surface area contributed by atoms with Crippen molar-refractivity contribution in [2.24, 2.45) is 11.8 Å². The molecule has 1 saturated carbocycles. The number of carboxylic acid groups (broad SMARTS) is 1. The monoisotopic (exact) mass is 397 g/mol. The molecule has 1 heterocycles. The molecule has 1 fully saturated rings. The van der Waals surface area contributed by atoms with Crippen LogP contribution >= 0.6 is 0 Å². The number of aliphatic carboxylic acids is 1. The maximum Gasteiger partial charge on any atom is 0.126 e. The predicted molar refractivity (Wildman–Crippen MR) is 108 cm³/mol. The number of ether oxygens (including phenoxy) is 1. The number of hydrogen-bond acceptors (Lipinski definition) is 5. The van der Waals surface area contributed by atoms with Gasteiger partial charge in [-0.2, -0.15) is 0 Å². The van der Waals surface area contributed by atoms with Crippen LogP contribution in [0.4, 0.5) is 0 Å². The van der Waals surface area contributed by atoms with Crippen molar-refractivity contribution in [3.63, 3.8) is 0 Å². The molecule has 6 atom stereocenters. The summed E-state index contributed by atoms with van der Waals surface area (Å²) in [7, 11) is 0. The summed E-state index contributed by atoms with van der Waals surface area (Å²) in [6, 6.07) is 5.96. The highest BCUT2D eigenvalue weighted by atomic mass is 16.5. The first-order chi connectivity index (χ1) is 13.9. The molecule has 1 aromatic rings. The van der Waals surface area contributed by atoms with Crippen molar-refractivity contribution in [3.8, 4) is 17.6 Å². The van der Waals surface area contributed by atoms with Gasteiger partial charge in [0.25, 0.3) is 0 Å². The molecule has 2 aliphatic rings. The van der Waals surface area contributed by atoms with Crippen molar-refractivity contribution < 1.29 is 24.9 Å². The third-order valence-corrected chi connectivity index (χ3v) is 6.03. The Kier molecular flexibility index (Phi) is 7.00. The minimum atomic E-state index is -1.04. The van der Waals surface area contributed by atoms with E-state index in [4.69, 9.17) is 4.74 Å². The molecule has 5 heteroatoms. The topological polar surface area (TPSA) is 89.8 Å². The van der Waals surface area contributed by atoms with Crippen molar-refractivity contribution in [2.75, 3.05) is 0 Å². The van der Waals surface area contributed by atoms with Gasteiger partial charge in [-0.05, 0) is 37.7 Å². The Labute approximate surface area is 172 Å². The fraction of sp³-hybridized carbons (Fsp3) is 0.542. The number of carboxylic acids is 1. The molecule has 0 unspecified atom stereocenters. The number of carbonyl (C=O) groups excluding carboxylic acids is 1. The first kappa shape index (κ1) is 21.4. The van der Waals surface area contributed by atoms with Crippen molar-refractivity contribution in [1.29, 1.82) is 0 Å². The Morgan fingerprint density at radius 3 is 2.97 bits per heavy atom. The van der Waals surface area contributed by atoms with E-state index >= 15 is 0 Å². The van der Waals surface area contributed by atoms with Crippen LogP contribution in [-0.2, 0) is 11.2 Å². The zero-order valence-electron chi connectivity index (χ0n) is 17.0. The van der Waals surface area contributed by atoms with E-state index in [9.17, 15) is 20.1 Å².